The van der Waals surface area contributed by atoms with E-state index in [0.717, 1.165) is 107 Å². The summed E-state index contributed by atoms with van der Waals surface area (Å²) in [6.45, 7) is -6.05. The van der Waals surface area contributed by atoms with Crippen molar-refractivity contribution in [1.82, 2.24) is 51.5 Å². The number of hydrogen-bond acceptors (Lipinski definition) is 39. The summed E-state index contributed by atoms with van der Waals surface area (Å²) in [4.78, 5) is 207. The fourth-order valence-corrected chi connectivity index (χ4v) is 20.3. The topological polar surface area (TPSA) is 872 Å². The van der Waals surface area contributed by atoms with Crippen LogP contribution in [0.25, 0.3) is 21.9 Å². The van der Waals surface area contributed by atoms with Crippen LogP contribution in [-0.2, 0) is 136 Å². The Balaban J connectivity index is 0.000000180. The van der Waals surface area contributed by atoms with E-state index in [-0.39, 0.29) is 36.2 Å². The maximum absolute atomic E-state index is 14.7. The summed E-state index contributed by atoms with van der Waals surface area (Å²) in [7, 11) is -40.9. The lowest BCUT2D eigenvalue weighted by atomic mass is 10.1. The number of ether oxygens (including phenoxy) is 4. The number of fused-ring (bicyclic) bond motifs is 2. The fraction of sp³-hybridized carbons (Fsp3) is 0.391. The highest BCUT2D eigenvalue weighted by Gasteiger charge is 2.51. The van der Waals surface area contributed by atoms with Gasteiger partial charge in [-0.05, 0) is 36.2 Å². The van der Waals surface area contributed by atoms with Crippen molar-refractivity contribution in [2.45, 2.75) is 137 Å². The molecule has 20 atom stereocenters. The van der Waals surface area contributed by atoms with Crippen LogP contribution >= 0.6 is 62.6 Å². The van der Waals surface area contributed by atoms with E-state index in [1.54, 1.807) is 48.1 Å². The maximum Gasteiger partial charge on any atom is 0.481 e. The van der Waals surface area contributed by atoms with Crippen LogP contribution in [0.4, 0.5) is 17.6 Å². The molecule has 4 aliphatic rings. The smallest absolute Gasteiger partial charge is 0.387 e. The number of alkyl halides is 2. The Labute approximate surface area is 779 Å². The number of benzene rings is 4. The van der Waals surface area contributed by atoms with Gasteiger partial charge in [-0.3, -0.25) is 78.5 Å². The third-order valence-corrected chi connectivity index (χ3v) is 29.0. The van der Waals surface area contributed by atoms with Crippen molar-refractivity contribution < 1.29 is 212 Å². The molecular weight excluding hydrogens is 2090 g/mol. The van der Waals surface area contributed by atoms with E-state index < -0.39 is 262 Å². The van der Waals surface area contributed by atoms with Gasteiger partial charge >= 0.3 is 85.3 Å². The Morgan fingerprint density at radius 1 is 0.390 bits per heavy atom. The van der Waals surface area contributed by atoms with Gasteiger partial charge in [0.1, 0.15) is 90.6 Å². The third-order valence-electron chi connectivity index (χ3n) is 20.3. The zero-order valence-corrected chi connectivity index (χ0v) is 77.9. The molecule has 60 nitrogen and oxygen atoms in total. The second-order valence-electron chi connectivity index (χ2n) is 30.1. The van der Waals surface area contributed by atoms with Crippen LogP contribution in [0, 0.1) is 11.6 Å². The third kappa shape index (κ3) is 28.7. The summed E-state index contributed by atoms with van der Waals surface area (Å²) in [6.07, 6.45) is -23.3. The van der Waals surface area contributed by atoms with Crippen LogP contribution < -0.4 is 45.0 Å². The van der Waals surface area contributed by atoms with Gasteiger partial charge in [0.05, 0.1) is 57.3 Å². The first kappa shape index (κ1) is 112. The predicted molar refractivity (Wildman–Crippen MR) is 452 cm³/mol. The van der Waals surface area contributed by atoms with Gasteiger partial charge in [0.25, 0.3) is 28.2 Å². The molecule has 72 heteroatoms. The summed E-state index contributed by atoms with van der Waals surface area (Å²) < 4.78 is 211. The van der Waals surface area contributed by atoms with Crippen molar-refractivity contribution in [3.63, 3.8) is 0 Å². The van der Waals surface area contributed by atoms with Crippen LogP contribution in [0.1, 0.15) is 47.4 Å². The van der Waals surface area contributed by atoms with Gasteiger partial charge in [-0.2, -0.15) is 31.1 Å². The summed E-state index contributed by atoms with van der Waals surface area (Å²) >= 11 is 0. The minimum absolute atomic E-state index is 0.0313. The number of halogens is 4. The minimum Gasteiger partial charge on any atom is -0.387 e. The monoisotopic (exact) mass is 2170 g/mol. The minimum atomic E-state index is -5.42. The largest absolute Gasteiger partial charge is 0.481 e. The van der Waals surface area contributed by atoms with E-state index in [9.17, 15) is 153 Å². The van der Waals surface area contributed by atoms with Crippen molar-refractivity contribution >= 4 is 84.5 Å². The van der Waals surface area contributed by atoms with Crippen molar-refractivity contribution in [2.75, 3.05) is 26.4 Å². The summed E-state index contributed by atoms with van der Waals surface area (Å²) in [5.74, 6) is -5.31. The van der Waals surface area contributed by atoms with Crippen molar-refractivity contribution in [1.29, 1.82) is 0 Å². The molecule has 6 aromatic heterocycles. The lowest BCUT2D eigenvalue weighted by Crippen LogP contribution is -2.45. The molecule has 4 aliphatic heterocycles. The van der Waals surface area contributed by atoms with Gasteiger partial charge < -0.3 is 123 Å². The molecule has 4 fully saturated rings. The molecule has 0 saturated carbocycles. The number of para-hydroxylation sites is 2. The highest BCUT2D eigenvalue weighted by atomic mass is 31.3. The van der Waals surface area contributed by atoms with Gasteiger partial charge in [0.15, 0.2) is 30.5 Å². The fourth-order valence-electron chi connectivity index (χ4n) is 13.9. The van der Waals surface area contributed by atoms with Crippen molar-refractivity contribution in [3.8, 4) is 0 Å². The first-order chi connectivity index (χ1) is 65.4. The van der Waals surface area contributed by atoms with E-state index in [1.807, 2.05) is 12.1 Å². The van der Waals surface area contributed by atoms with Crippen LogP contribution in [0.2, 0.25) is 0 Å². The summed E-state index contributed by atoms with van der Waals surface area (Å²) in [5.41, 5.74) is -5.85. The zero-order valence-electron chi connectivity index (χ0n) is 70.8. The molecule has 141 heavy (non-hydrogen) atoms. The van der Waals surface area contributed by atoms with E-state index in [4.69, 9.17) is 62.6 Å². The molecule has 0 amide bonds. The van der Waals surface area contributed by atoms with E-state index in [0.29, 0.717) is 37.6 Å². The molecule has 0 spiro atoms. The van der Waals surface area contributed by atoms with Crippen LogP contribution in [0.15, 0.2) is 189 Å². The highest BCUT2D eigenvalue weighted by Crippen LogP contribution is 2.61. The summed E-state index contributed by atoms with van der Waals surface area (Å²) in [5, 5.41) is 91.7. The number of rotatable bonds is 34. The lowest BCUT2D eigenvalue weighted by molar-refractivity contribution is -0.0569. The molecule has 20 N–H and O–H groups in total. The zero-order chi connectivity index (χ0) is 104. The SMILES string of the molecule is Cn1nc(Cn2c(=O)ccn([C@@H]3O[C@H](COP(=O)(O)OP(=O)(O)O)[C@H](O)C3O)c2=O)c2ccccc21.O=c1ccn([C@@H]2O[C@H](COP(=O)(O)OP(=O)(O)O)[C@H](O)C2O)c(=O)n1CC(F)(F)c1ccccc1.O=c1ccn([C@@H]2O[C@H](COP(=O)(O)OP(=O)(O)O)[C@H](O)C2O)c(=O)n1CCc1ccc(F)cc1F.O=c1ccn([C@@H]2O[C@H](COP(=O)(O)OP(=O)(O)O)[C@H](O)C2O)c(=O)n1Cc1noc2ccccc12. The predicted octanol–water partition coefficient (Wildman–Crippen LogP) is -3.14. The molecular formula is C69H81F4N11O49P8. The molecule has 10 heterocycles. The molecule has 4 aromatic carbocycles. The normalized spacial score (nSPS) is 24.5. The Morgan fingerprint density at radius 3 is 1.09 bits per heavy atom. The Bertz CT molecular complexity index is 7160. The number of nitrogens with zero attached hydrogens (tertiary/aromatic N) is 11. The van der Waals surface area contributed by atoms with Gasteiger partial charge in [-0.15, -0.1) is 0 Å². The number of hydrogen-bond donors (Lipinski definition) is 20. The Kier molecular flexibility index (Phi) is 35.6. The highest BCUT2D eigenvalue weighted by molar-refractivity contribution is 7.62. The van der Waals surface area contributed by atoms with E-state index >= 15 is 0 Å². The van der Waals surface area contributed by atoms with Gasteiger partial charge in [0.2, 0.25) is 0 Å². The average molecular weight is 2170 g/mol. The van der Waals surface area contributed by atoms with Gasteiger partial charge in [0, 0.05) is 85.0 Å². The van der Waals surface area contributed by atoms with Crippen LogP contribution in [0.3, 0.4) is 0 Å². The first-order valence-electron chi connectivity index (χ1n) is 39.4. The molecule has 0 bridgehead atoms. The molecule has 10 aromatic rings. The van der Waals surface area contributed by atoms with Crippen LogP contribution in [-0.4, -0.2) is 251 Å². The average Bonchev–Trinajstić information content (AvgIpc) is 1.06. The van der Waals surface area contributed by atoms with Gasteiger partial charge in [-0.25, -0.2) is 64.5 Å². The molecule has 774 valence electrons. The molecule has 0 radical (unpaired) electrons. The van der Waals surface area contributed by atoms with E-state index in [1.165, 1.54) is 18.2 Å². The van der Waals surface area contributed by atoms with Crippen molar-refractivity contribution in [3.05, 3.63) is 264 Å². The summed E-state index contributed by atoms with van der Waals surface area (Å²) in [6, 6.07) is 26.9. The number of aliphatic hydroxyl groups excluding tert-OH is 8. The second kappa shape index (κ2) is 44.8. The Hall–Kier alpha value is -9.18. The first-order valence-corrected chi connectivity index (χ1v) is 51.5. The quantitative estimate of drug-likeness (QED) is 0.0140. The molecule has 14 rings (SSSR count). The number of aryl methyl sites for hydroxylation is 2. The second-order valence-corrected chi connectivity index (χ2v) is 41.4. The maximum atomic E-state index is 14.7. The molecule has 8 unspecified atom stereocenters. The number of phosphoric acid groups is 8. The molecule has 4 saturated heterocycles. The number of aliphatic hydroxyl groups is 8. The van der Waals surface area contributed by atoms with Crippen LogP contribution in [0.5, 0.6) is 0 Å². The number of phosphoric ester groups is 4. The van der Waals surface area contributed by atoms with E-state index in [2.05, 4.69) is 45.6 Å². The lowest BCUT2D eigenvalue weighted by Gasteiger charge is -2.21. The number of aromatic nitrogens is 11. The van der Waals surface area contributed by atoms with Gasteiger partial charge in [-0.1, -0.05) is 71.9 Å². The Morgan fingerprint density at radius 2 is 0.716 bits per heavy atom. The molecule has 0 aliphatic carbocycles. The standard InChI is InChI=1S/C18H22N4O12P2.2C17H20F2N2O12P2.C17H19N3O13P2/c1-20-12-5-3-2-4-10(12)11(19-20)8-22-14(23)6-7-21(18(22)26)17-16(25)15(24)13(33-17)9-32-36(30,31)34-35(27,28)29;18-10-2-1-9(11(19)7-10)3-5-20-13(22)4-6-21(17(20)25)16-15(24)14(23)12(32-16)8-31-35(29,30)33-34(26,27)28;18-17(19,10-4-2-1-3-5-10)9-21-12(22)6-7-20(16(21)25)15-14(24)13(23)11(32-15)8-31-35(29,30)33-34(26,27)28;21-13-5-6-19(17(24)20(13)7-10-9-3-1-2-4-11(9)32-18-10)16-15(23)14(22)12(31-16)8-30-35(28,29)33-34(25,26)27/h2-7,13,15-17,24-25H,8-9H2,1H3,(H,30,31)(H2,27,28,29);1-2,4,6-7,12,14-16,23-24H,3,5,8H2,(H,29,30)(H2,26,27,28);1-7,11,13-15,23-24H,8-9H2,(H,29,30)(H2,26,27,28);1-6,12,14-16,22-23H,7-8H2,(H,28,29)(H2,25,26,27)/t13-,15+,16?,17-;12-,14+,15?,16-;11-,13+,14?,15-;12-,14+,15?,16-/m1111/s1. The van der Waals surface area contributed by atoms with Crippen molar-refractivity contribution in [2.24, 2.45) is 7.05 Å².